The van der Waals surface area contributed by atoms with E-state index in [-0.39, 0.29) is 0 Å². The maximum absolute atomic E-state index is 4.65. The minimum Gasteiger partial charge on any atom is -0.327 e. The minimum atomic E-state index is 1.12. The Hall–Kier alpha value is -0.830. The normalized spacial score (nSPS) is 15.8. The highest BCUT2D eigenvalue weighted by atomic mass is 79.9. The second-order valence-corrected chi connectivity index (χ2v) is 4.60. The van der Waals surface area contributed by atoms with Gasteiger partial charge in [0.2, 0.25) is 0 Å². The highest BCUT2D eigenvalue weighted by molar-refractivity contribution is 9.10. The predicted octanol–water partition coefficient (Wildman–Crippen LogP) is 3.14. The van der Waals surface area contributed by atoms with E-state index in [2.05, 4.69) is 37.6 Å². The van der Waals surface area contributed by atoms with Crippen molar-refractivity contribution in [2.75, 3.05) is 0 Å². The minimum absolute atomic E-state index is 1.12. The van der Waals surface area contributed by atoms with Crippen LogP contribution < -0.4 is 0 Å². The van der Waals surface area contributed by atoms with Gasteiger partial charge in [0.05, 0.1) is 11.0 Å². The van der Waals surface area contributed by atoms with Crippen molar-refractivity contribution in [2.24, 2.45) is 0 Å². The molecule has 0 radical (unpaired) electrons. The molecule has 14 heavy (non-hydrogen) atoms. The number of aromatic nitrogens is 2. The molecule has 0 N–H and O–H groups in total. The van der Waals surface area contributed by atoms with Crippen LogP contribution in [-0.2, 0) is 13.0 Å². The Balaban J connectivity index is 2.38. The fourth-order valence-corrected chi connectivity index (χ4v) is 2.74. The van der Waals surface area contributed by atoms with Crippen LogP contribution in [0.15, 0.2) is 22.7 Å². The van der Waals surface area contributed by atoms with E-state index in [0.717, 1.165) is 23.0 Å². The van der Waals surface area contributed by atoms with Crippen LogP contribution in [0, 0.1) is 0 Å². The summed E-state index contributed by atoms with van der Waals surface area (Å²) in [5.41, 5.74) is 2.39. The third-order valence-corrected chi connectivity index (χ3v) is 3.47. The van der Waals surface area contributed by atoms with Crippen molar-refractivity contribution in [3.63, 3.8) is 0 Å². The Labute approximate surface area is 91.1 Å². The topological polar surface area (TPSA) is 17.8 Å². The van der Waals surface area contributed by atoms with Gasteiger partial charge in [-0.15, -0.1) is 0 Å². The van der Waals surface area contributed by atoms with Crippen LogP contribution in [0.1, 0.15) is 18.7 Å². The van der Waals surface area contributed by atoms with Gasteiger partial charge in [0.25, 0.3) is 0 Å². The SMILES string of the molecule is Brc1cccc2nc3n(c12)CCCC3. The lowest BCUT2D eigenvalue weighted by Gasteiger charge is -2.14. The third-order valence-electron chi connectivity index (χ3n) is 2.83. The van der Waals surface area contributed by atoms with E-state index in [1.165, 1.54) is 24.2 Å². The molecular weight excluding hydrogens is 240 g/mol. The molecule has 1 aromatic carbocycles. The first-order valence-electron chi connectivity index (χ1n) is 5.00. The van der Waals surface area contributed by atoms with E-state index in [9.17, 15) is 0 Å². The van der Waals surface area contributed by atoms with E-state index in [1.807, 2.05) is 6.07 Å². The monoisotopic (exact) mass is 250 g/mol. The molecule has 3 rings (SSSR count). The van der Waals surface area contributed by atoms with Crippen LogP contribution in [0.3, 0.4) is 0 Å². The van der Waals surface area contributed by atoms with Gasteiger partial charge in [-0.25, -0.2) is 4.98 Å². The lowest BCUT2D eigenvalue weighted by molar-refractivity contribution is 0.532. The molecule has 0 unspecified atom stereocenters. The van der Waals surface area contributed by atoms with Crippen molar-refractivity contribution in [3.8, 4) is 0 Å². The van der Waals surface area contributed by atoms with Crippen molar-refractivity contribution in [3.05, 3.63) is 28.5 Å². The molecular formula is C11H11BrN2. The molecule has 0 bridgehead atoms. The van der Waals surface area contributed by atoms with Crippen LogP contribution in [0.25, 0.3) is 11.0 Å². The number of benzene rings is 1. The number of imidazole rings is 1. The number of rotatable bonds is 0. The van der Waals surface area contributed by atoms with E-state index in [1.54, 1.807) is 0 Å². The predicted molar refractivity (Wildman–Crippen MR) is 60.4 cm³/mol. The van der Waals surface area contributed by atoms with E-state index in [0.29, 0.717) is 0 Å². The van der Waals surface area contributed by atoms with Gasteiger partial charge in [-0.3, -0.25) is 0 Å². The van der Waals surface area contributed by atoms with Crippen molar-refractivity contribution >= 4 is 27.0 Å². The van der Waals surface area contributed by atoms with Gasteiger partial charge in [-0.2, -0.15) is 0 Å². The van der Waals surface area contributed by atoms with Crippen LogP contribution in [0.4, 0.5) is 0 Å². The van der Waals surface area contributed by atoms with Crippen LogP contribution in [0.2, 0.25) is 0 Å². The van der Waals surface area contributed by atoms with Gasteiger partial charge in [0, 0.05) is 17.4 Å². The molecule has 0 saturated carbocycles. The Morgan fingerprint density at radius 3 is 3.14 bits per heavy atom. The maximum Gasteiger partial charge on any atom is 0.109 e. The molecule has 2 heterocycles. The summed E-state index contributed by atoms with van der Waals surface area (Å²) in [6, 6.07) is 6.22. The summed E-state index contributed by atoms with van der Waals surface area (Å²) < 4.78 is 3.51. The second kappa shape index (κ2) is 3.09. The van der Waals surface area contributed by atoms with Gasteiger partial charge < -0.3 is 4.57 Å². The van der Waals surface area contributed by atoms with Crippen LogP contribution in [-0.4, -0.2) is 9.55 Å². The summed E-state index contributed by atoms with van der Waals surface area (Å²) in [6.45, 7) is 1.12. The lowest BCUT2D eigenvalue weighted by Crippen LogP contribution is -2.10. The zero-order valence-electron chi connectivity index (χ0n) is 7.83. The fourth-order valence-electron chi connectivity index (χ4n) is 2.17. The second-order valence-electron chi connectivity index (χ2n) is 3.74. The molecule has 1 aliphatic heterocycles. The molecule has 0 atom stereocenters. The molecule has 0 spiro atoms. The summed E-state index contributed by atoms with van der Waals surface area (Å²) in [5, 5.41) is 0. The van der Waals surface area contributed by atoms with Crippen LogP contribution in [0.5, 0.6) is 0 Å². The van der Waals surface area contributed by atoms with E-state index >= 15 is 0 Å². The summed E-state index contributed by atoms with van der Waals surface area (Å²) in [6.07, 6.45) is 3.68. The van der Waals surface area contributed by atoms with Gasteiger partial charge >= 0.3 is 0 Å². The molecule has 0 fully saturated rings. The Bertz CT molecular complexity index is 487. The first-order valence-corrected chi connectivity index (χ1v) is 5.79. The Kier molecular flexibility index (Phi) is 1.87. The third kappa shape index (κ3) is 1.12. The van der Waals surface area contributed by atoms with Gasteiger partial charge in [-0.05, 0) is 40.9 Å². The zero-order valence-corrected chi connectivity index (χ0v) is 9.42. The number of fused-ring (bicyclic) bond motifs is 3. The average molecular weight is 251 g/mol. The number of hydrogen-bond donors (Lipinski definition) is 0. The highest BCUT2D eigenvalue weighted by Crippen LogP contribution is 2.27. The summed E-state index contributed by atoms with van der Waals surface area (Å²) in [7, 11) is 0. The van der Waals surface area contributed by atoms with Gasteiger partial charge in [-0.1, -0.05) is 6.07 Å². The van der Waals surface area contributed by atoms with Gasteiger partial charge in [0.1, 0.15) is 5.82 Å². The number of halogens is 1. The number of aryl methyl sites for hydroxylation is 2. The first kappa shape index (κ1) is 8.48. The largest absolute Gasteiger partial charge is 0.327 e. The Morgan fingerprint density at radius 2 is 2.21 bits per heavy atom. The van der Waals surface area contributed by atoms with E-state index in [4.69, 9.17) is 0 Å². The first-order chi connectivity index (χ1) is 6.86. The fraction of sp³-hybridized carbons (Fsp3) is 0.364. The summed E-state index contributed by atoms with van der Waals surface area (Å²) in [5.74, 6) is 1.25. The lowest BCUT2D eigenvalue weighted by atomic mass is 10.2. The van der Waals surface area contributed by atoms with Crippen LogP contribution >= 0.6 is 15.9 Å². The molecule has 0 aliphatic carbocycles. The number of para-hydroxylation sites is 1. The molecule has 1 aromatic heterocycles. The molecule has 2 nitrogen and oxygen atoms in total. The molecule has 3 heteroatoms. The average Bonchev–Trinajstić information content (AvgIpc) is 2.57. The molecule has 0 saturated heterocycles. The zero-order chi connectivity index (χ0) is 9.54. The summed E-state index contributed by atoms with van der Waals surface area (Å²) >= 11 is 3.59. The maximum atomic E-state index is 4.65. The number of hydrogen-bond acceptors (Lipinski definition) is 1. The van der Waals surface area contributed by atoms with E-state index < -0.39 is 0 Å². The molecule has 0 amide bonds. The van der Waals surface area contributed by atoms with Crippen molar-refractivity contribution in [2.45, 2.75) is 25.8 Å². The summed E-state index contributed by atoms with van der Waals surface area (Å²) in [4.78, 5) is 4.65. The van der Waals surface area contributed by atoms with Crippen molar-refractivity contribution in [1.82, 2.24) is 9.55 Å². The van der Waals surface area contributed by atoms with Crippen molar-refractivity contribution in [1.29, 1.82) is 0 Å². The Morgan fingerprint density at radius 1 is 1.29 bits per heavy atom. The standard InChI is InChI=1S/C11H11BrN2/c12-8-4-3-5-9-11(8)14-7-2-1-6-10(14)13-9/h3-5H,1-2,6-7H2. The number of nitrogens with zero attached hydrogens (tertiary/aromatic N) is 2. The van der Waals surface area contributed by atoms with Gasteiger partial charge in [0.15, 0.2) is 0 Å². The molecule has 2 aromatic rings. The smallest absolute Gasteiger partial charge is 0.109 e. The molecule has 1 aliphatic rings. The highest BCUT2D eigenvalue weighted by Gasteiger charge is 2.15. The quantitative estimate of drug-likeness (QED) is 0.703. The van der Waals surface area contributed by atoms with Crippen molar-refractivity contribution < 1.29 is 0 Å². The molecule has 72 valence electrons.